The first kappa shape index (κ1) is 15.0. The second-order valence-electron chi connectivity index (χ2n) is 4.70. The smallest absolute Gasteiger partial charge is 0.417 e. The maximum absolute atomic E-state index is 13.5. The van der Waals surface area contributed by atoms with E-state index in [1.54, 1.807) is 7.05 Å². The SMILES string of the molecule is CN1CCC(F)(F)C1COc1ccc(C(F)(F)F)cn1. The molecule has 1 saturated heterocycles. The summed E-state index contributed by atoms with van der Waals surface area (Å²) in [5.41, 5.74) is -0.909. The fourth-order valence-electron chi connectivity index (χ4n) is 2.02. The maximum Gasteiger partial charge on any atom is 0.417 e. The van der Waals surface area contributed by atoms with Crippen LogP contribution in [0, 0.1) is 0 Å². The summed E-state index contributed by atoms with van der Waals surface area (Å²) in [6, 6.07) is 0.737. The zero-order chi connectivity index (χ0) is 15.0. The number of likely N-dealkylation sites (tertiary alicyclic amines) is 1. The molecule has 0 bridgehead atoms. The first-order chi connectivity index (χ1) is 9.20. The highest BCUT2D eigenvalue weighted by Gasteiger charge is 2.47. The fraction of sp³-hybridized carbons (Fsp3) is 0.583. The van der Waals surface area contributed by atoms with Gasteiger partial charge in [-0.25, -0.2) is 13.8 Å². The van der Waals surface area contributed by atoms with Gasteiger partial charge in [0.15, 0.2) is 0 Å². The van der Waals surface area contributed by atoms with Crippen LogP contribution < -0.4 is 4.74 Å². The van der Waals surface area contributed by atoms with E-state index in [1.165, 1.54) is 4.90 Å². The number of aromatic nitrogens is 1. The number of alkyl halides is 5. The van der Waals surface area contributed by atoms with Crippen molar-refractivity contribution in [1.29, 1.82) is 0 Å². The summed E-state index contributed by atoms with van der Waals surface area (Å²) >= 11 is 0. The van der Waals surface area contributed by atoms with Crippen molar-refractivity contribution in [3.8, 4) is 5.88 Å². The molecule has 8 heteroatoms. The Kier molecular flexibility index (Phi) is 3.86. The molecule has 1 unspecified atom stereocenters. The molecule has 0 spiro atoms. The van der Waals surface area contributed by atoms with Crippen LogP contribution in [0.2, 0.25) is 0 Å². The maximum atomic E-state index is 13.5. The van der Waals surface area contributed by atoms with Gasteiger partial charge in [-0.3, -0.25) is 4.90 Å². The van der Waals surface area contributed by atoms with Crippen LogP contribution in [0.1, 0.15) is 12.0 Å². The van der Waals surface area contributed by atoms with E-state index < -0.39 is 23.7 Å². The lowest BCUT2D eigenvalue weighted by Gasteiger charge is -2.24. The molecule has 1 aromatic heterocycles. The largest absolute Gasteiger partial charge is 0.476 e. The van der Waals surface area contributed by atoms with Gasteiger partial charge in [-0.2, -0.15) is 13.2 Å². The fourth-order valence-corrected chi connectivity index (χ4v) is 2.02. The van der Waals surface area contributed by atoms with Crippen LogP contribution in [0.3, 0.4) is 0 Å². The Bertz CT molecular complexity index is 460. The predicted octanol–water partition coefficient (Wildman–Crippen LogP) is 2.82. The summed E-state index contributed by atoms with van der Waals surface area (Å²) in [5.74, 6) is -2.96. The Morgan fingerprint density at radius 1 is 1.40 bits per heavy atom. The number of hydrogen-bond donors (Lipinski definition) is 0. The molecule has 1 aromatic rings. The van der Waals surface area contributed by atoms with Gasteiger partial charge in [0.05, 0.1) is 5.56 Å². The highest BCUT2D eigenvalue weighted by molar-refractivity contribution is 5.20. The minimum absolute atomic E-state index is 0.103. The summed E-state index contributed by atoms with van der Waals surface area (Å²) in [6.45, 7) is -0.0661. The lowest BCUT2D eigenvalue weighted by atomic mass is 10.2. The third-order valence-electron chi connectivity index (χ3n) is 3.27. The Morgan fingerprint density at radius 2 is 2.10 bits per heavy atom. The molecule has 1 atom stereocenters. The van der Waals surface area contributed by atoms with Crippen molar-refractivity contribution in [1.82, 2.24) is 9.88 Å². The minimum Gasteiger partial charge on any atom is -0.476 e. The molecule has 20 heavy (non-hydrogen) atoms. The lowest BCUT2D eigenvalue weighted by molar-refractivity contribution is -0.137. The van der Waals surface area contributed by atoms with Crippen molar-refractivity contribution in [2.75, 3.05) is 20.2 Å². The molecule has 112 valence electrons. The second kappa shape index (κ2) is 5.16. The Balaban J connectivity index is 1.98. The molecule has 0 N–H and O–H groups in total. The van der Waals surface area contributed by atoms with Crippen LogP contribution in [-0.4, -0.2) is 42.0 Å². The van der Waals surface area contributed by atoms with Gasteiger partial charge in [-0.15, -0.1) is 0 Å². The topological polar surface area (TPSA) is 25.4 Å². The zero-order valence-corrected chi connectivity index (χ0v) is 10.6. The van der Waals surface area contributed by atoms with Gasteiger partial charge in [-0.05, 0) is 13.1 Å². The van der Waals surface area contributed by atoms with E-state index in [0.717, 1.165) is 12.1 Å². The van der Waals surface area contributed by atoms with Gasteiger partial charge >= 0.3 is 6.18 Å². The van der Waals surface area contributed by atoms with Gasteiger partial charge in [0.25, 0.3) is 5.92 Å². The van der Waals surface area contributed by atoms with Crippen molar-refractivity contribution >= 4 is 0 Å². The summed E-state index contributed by atoms with van der Waals surface area (Å²) in [6.07, 6.45) is -4.12. The summed E-state index contributed by atoms with van der Waals surface area (Å²) in [5, 5.41) is 0. The molecule has 0 saturated carbocycles. The van der Waals surface area contributed by atoms with Crippen molar-refractivity contribution in [2.45, 2.75) is 24.6 Å². The van der Waals surface area contributed by atoms with Crippen molar-refractivity contribution in [2.24, 2.45) is 0 Å². The number of ether oxygens (including phenoxy) is 1. The number of halogens is 5. The van der Waals surface area contributed by atoms with Gasteiger partial charge in [-0.1, -0.05) is 0 Å². The van der Waals surface area contributed by atoms with Crippen molar-refractivity contribution < 1.29 is 26.7 Å². The predicted molar refractivity (Wildman–Crippen MR) is 60.7 cm³/mol. The summed E-state index contributed by atoms with van der Waals surface area (Å²) < 4.78 is 69.0. The first-order valence-electron chi connectivity index (χ1n) is 5.94. The molecule has 3 nitrogen and oxygen atoms in total. The number of rotatable bonds is 3. The van der Waals surface area contributed by atoms with Crippen LogP contribution in [0.15, 0.2) is 18.3 Å². The van der Waals surface area contributed by atoms with E-state index >= 15 is 0 Å². The highest BCUT2D eigenvalue weighted by atomic mass is 19.4. The standard InChI is InChI=1S/C12H13F5N2O/c1-19-5-4-11(13,14)9(19)7-20-10-3-2-8(6-18-10)12(15,16)17/h2-3,6,9H,4-5,7H2,1H3. The van der Waals surface area contributed by atoms with E-state index in [0.29, 0.717) is 6.20 Å². The third-order valence-corrected chi connectivity index (χ3v) is 3.27. The number of hydrogen-bond acceptors (Lipinski definition) is 3. The average molecular weight is 296 g/mol. The van der Waals surface area contributed by atoms with E-state index in [4.69, 9.17) is 4.74 Å². The average Bonchev–Trinajstić information content (AvgIpc) is 2.61. The first-order valence-corrected chi connectivity index (χ1v) is 5.94. The molecular formula is C12H13F5N2O. The second-order valence-corrected chi connectivity index (χ2v) is 4.70. The number of likely N-dealkylation sites (N-methyl/N-ethyl adjacent to an activating group) is 1. The van der Waals surface area contributed by atoms with Crippen molar-refractivity contribution in [3.05, 3.63) is 23.9 Å². The molecule has 2 rings (SSSR count). The van der Waals surface area contributed by atoms with E-state index in [1.807, 2.05) is 0 Å². The molecule has 1 aliphatic rings. The third kappa shape index (κ3) is 3.17. The Labute approximate surface area is 112 Å². The highest BCUT2D eigenvalue weighted by Crippen LogP contribution is 2.33. The van der Waals surface area contributed by atoms with E-state index in [2.05, 4.69) is 4.98 Å². The molecule has 0 radical (unpaired) electrons. The quantitative estimate of drug-likeness (QED) is 0.802. The number of pyridine rings is 1. The van der Waals surface area contributed by atoms with Crippen LogP contribution >= 0.6 is 0 Å². The lowest BCUT2D eigenvalue weighted by Crippen LogP contribution is -2.41. The Hall–Kier alpha value is -1.44. The molecular weight excluding hydrogens is 283 g/mol. The van der Waals surface area contributed by atoms with Crippen LogP contribution in [0.4, 0.5) is 22.0 Å². The van der Waals surface area contributed by atoms with Crippen LogP contribution in [0.25, 0.3) is 0 Å². The summed E-state index contributed by atoms with van der Waals surface area (Å²) in [4.78, 5) is 4.94. The normalized spacial score (nSPS) is 23.0. The molecule has 0 aliphatic carbocycles. The summed E-state index contributed by atoms with van der Waals surface area (Å²) in [7, 11) is 1.55. The molecule has 1 aliphatic heterocycles. The van der Waals surface area contributed by atoms with E-state index in [-0.39, 0.29) is 25.5 Å². The van der Waals surface area contributed by atoms with Gasteiger partial charge < -0.3 is 4.74 Å². The zero-order valence-electron chi connectivity index (χ0n) is 10.6. The van der Waals surface area contributed by atoms with Crippen molar-refractivity contribution in [3.63, 3.8) is 0 Å². The molecule has 1 fully saturated rings. The molecule has 2 heterocycles. The van der Waals surface area contributed by atoms with E-state index in [9.17, 15) is 22.0 Å². The number of nitrogens with zero attached hydrogens (tertiary/aromatic N) is 2. The monoisotopic (exact) mass is 296 g/mol. The van der Waals surface area contributed by atoms with Gasteiger partial charge in [0, 0.05) is 25.2 Å². The molecule has 0 aromatic carbocycles. The van der Waals surface area contributed by atoms with Gasteiger partial charge in [0.2, 0.25) is 5.88 Å². The minimum atomic E-state index is -4.48. The Morgan fingerprint density at radius 3 is 2.55 bits per heavy atom. The van der Waals surface area contributed by atoms with Gasteiger partial charge in [0.1, 0.15) is 12.6 Å². The van der Waals surface area contributed by atoms with Crippen LogP contribution in [-0.2, 0) is 6.18 Å². The molecule has 0 amide bonds. The van der Waals surface area contributed by atoms with Crippen LogP contribution in [0.5, 0.6) is 5.88 Å².